The minimum absolute atomic E-state index is 0.142. The monoisotopic (exact) mass is 330 g/mol. The molecule has 0 atom stereocenters. The van der Waals surface area contributed by atoms with Gasteiger partial charge in [-0.2, -0.15) is 0 Å². The summed E-state index contributed by atoms with van der Waals surface area (Å²) in [6, 6.07) is 6.34. The molecule has 0 aliphatic carbocycles. The van der Waals surface area contributed by atoms with Gasteiger partial charge in [0.25, 0.3) is 5.91 Å². The number of aromatic nitrogens is 1. The molecule has 1 N–H and O–H groups in total. The molecule has 0 spiro atoms. The number of hydrogen-bond acceptors (Lipinski definition) is 3. The first kappa shape index (κ1) is 14.9. The molecule has 4 nitrogen and oxygen atoms in total. The summed E-state index contributed by atoms with van der Waals surface area (Å²) < 4.78 is 5.14. The smallest absolute Gasteiger partial charge is 0.257 e. The number of nitrogens with one attached hydrogen (secondary N) is 1. The number of benzene rings is 1. The topological polar surface area (TPSA) is 51.2 Å². The predicted octanol–water partition coefficient (Wildman–Crippen LogP) is 4.30. The lowest BCUT2D eigenvalue weighted by Gasteiger charge is -2.10. The number of hydrogen-bond donors (Lipinski definition) is 1. The highest BCUT2D eigenvalue weighted by molar-refractivity contribution is 6.41. The molecule has 104 valence electrons. The van der Waals surface area contributed by atoms with Crippen molar-refractivity contribution in [3.05, 3.63) is 51.2 Å². The van der Waals surface area contributed by atoms with Crippen molar-refractivity contribution in [3.8, 4) is 5.75 Å². The Hall–Kier alpha value is -1.49. The Labute approximate surface area is 130 Å². The van der Waals surface area contributed by atoms with E-state index < -0.39 is 5.91 Å². The molecule has 7 heteroatoms. The van der Waals surface area contributed by atoms with Crippen molar-refractivity contribution >= 4 is 46.4 Å². The van der Waals surface area contributed by atoms with Crippen LogP contribution in [-0.4, -0.2) is 18.0 Å². The first-order chi connectivity index (χ1) is 9.51. The van der Waals surface area contributed by atoms with E-state index in [4.69, 9.17) is 39.5 Å². The fourth-order valence-corrected chi connectivity index (χ4v) is 1.96. The fourth-order valence-electron chi connectivity index (χ4n) is 1.52. The number of amides is 1. The van der Waals surface area contributed by atoms with Crippen LogP contribution in [-0.2, 0) is 0 Å². The van der Waals surface area contributed by atoms with Crippen LogP contribution >= 0.6 is 34.8 Å². The highest BCUT2D eigenvalue weighted by Crippen LogP contribution is 2.28. The van der Waals surface area contributed by atoms with Crippen LogP contribution in [0.1, 0.15) is 10.4 Å². The molecule has 0 unspecified atom stereocenters. The van der Waals surface area contributed by atoms with E-state index in [-0.39, 0.29) is 15.7 Å². The highest BCUT2D eigenvalue weighted by atomic mass is 35.5. The van der Waals surface area contributed by atoms with Crippen molar-refractivity contribution < 1.29 is 9.53 Å². The van der Waals surface area contributed by atoms with Gasteiger partial charge in [-0.1, -0.05) is 34.8 Å². The van der Waals surface area contributed by atoms with Crippen molar-refractivity contribution in [2.45, 2.75) is 0 Å². The highest BCUT2D eigenvalue weighted by Gasteiger charge is 2.12. The van der Waals surface area contributed by atoms with Gasteiger partial charge in [-0.3, -0.25) is 4.79 Å². The Kier molecular flexibility index (Phi) is 4.70. The van der Waals surface area contributed by atoms with Crippen molar-refractivity contribution in [1.29, 1.82) is 0 Å². The maximum absolute atomic E-state index is 12.1. The lowest BCUT2D eigenvalue weighted by Crippen LogP contribution is -2.13. The molecule has 0 saturated heterocycles. The molecule has 0 radical (unpaired) electrons. The van der Waals surface area contributed by atoms with E-state index in [0.29, 0.717) is 16.5 Å². The molecule has 1 aromatic heterocycles. The third kappa shape index (κ3) is 3.33. The molecule has 1 amide bonds. The third-order valence-corrected chi connectivity index (χ3v) is 3.39. The van der Waals surface area contributed by atoms with E-state index in [1.54, 1.807) is 18.2 Å². The zero-order valence-electron chi connectivity index (χ0n) is 10.3. The first-order valence-electron chi connectivity index (χ1n) is 5.47. The molecule has 2 aromatic rings. The molecule has 2 rings (SSSR count). The van der Waals surface area contributed by atoms with Crippen LogP contribution in [0, 0.1) is 0 Å². The van der Waals surface area contributed by atoms with Gasteiger partial charge in [0.2, 0.25) is 0 Å². The van der Waals surface area contributed by atoms with Crippen LogP contribution in [0.25, 0.3) is 0 Å². The number of pyridine rings is 1. The Morgan fingerprint density at radius 1 is 1.25 bits per heavy atom. The van der Waals surface area contributed by atoms with Gasteiger partial charge in [-0.15, -0.1) is 0 Å². The van der Waals surface area contributed by atoms with Crippen LogP contribution in [0.4, 0.5) is 5.69 Å². The van der Waals surface area contributed by atoms with Crippen LogP contribution < -0.4 is 10.1 Å². The molecule has 0 fully saturated rings. The van der Waals surface area contributed by atoms with Gasteiger partial charge in [-0.05, 0) is 24.3 Å². The van der Waals surface area contributed by atoms with E-state index in [1.165, 1.54) is 19.4 Å². The summed E-state index contributed by atoms with van der Waals surface area (Å²) in [5.74, 6) is 0.104. The van der Waals surface area contributed by atoms with Crippen LogP contribution in [0.3, 0.4) is 0 Å². The largest absolute Gasteiger partial charge is 0.495 e. The fraction of sp³-hybridized carbons (Fsp3) is 0.0769. The Morgan fingerprint density at radius 3 is 2.65 bits per heavy atom. The minimum Gasteiger partial charge on any atom is -0.495 e. The van der Waals surface area contributed by atoms with Crippen molar-refractivity contribution in [3.63, 3.8) is 0 Å². The predicted molar refractivity (Wildman–Crippen MR) is 80.2 cm³/mol. The standard InChI is InChI=1S/C13H9Cl3N2O2/c1-20-11-3-2-8(14)5-10(11)18-13(19)7-4-9(15)12(16)17-6-7/h2-6H,1H3,(H,18,19). The zero-order chi connectivity index (χ0) is 14.7. The summed E-state index contributed by atoms with van der Waals surface area (Å²) in [5.41, 5.74) is 0.734. The van der Waals surface area contributed by atoms with E-state index in [9.17, 15) is 4.79 Å². The van der Waals surface area contributed by atoms with Gasteiger partial charge in [0.05, 0.1) is 23.4 Å². The molecular formula is C13H9Cl3N2O2. The number of carbonyl (C=O) groups is 1. The second-order valence-electron chi connectivity index (χ2n) is 3.80. The Morgan fingerprint density at radius 2 is 2.00 bits per heavy atom. The summed E-state index contributed by atoms with van der Waals surface area (Å²) in [5, 5.41) is 3.50. The van der Waals surface area contributed by atoms with Gasteiger partial charge in [0.1, 0.15) is 10.9 Å². The number of rotatable bonds is 3. The summed E-state index contributed by atoms with van der Waals surface area (Å²) in [6.45, 7) is 0. The average molecular weight is 332 g/mol. The molecule has 0 aliphatic heterocycles. The van der Waals surface area contributed by atoms with Gasteiger partial charge >= 0.3 is 0 Å². The lowest BCUT2D eigenvalue weighted by molar-refractivity contribution is 0.102. The Bertz CT molecular complexity index is 662. The van der Waals surface area contributed by atoms with Crippen molar-refractivity contribution in [2.24, 2.45) is 0 Å². The third-order valence-electron chi connectivity index (χ3n) is 2.47. The second-order valence-corrected chi connectivity index (χ2v) is 5.00. The van der Waals surface area contributed by atoms with Crippen LogP contribution in [0.5, 0.6) is 5.75 Å². The molecule has 1 heterocycles. The Balaban J connectivity index is 2.27. The van der Waals surface area contributed by atoms with Gasteiger partial charge in [-0.25, -0.2) is 4.98 Å². The van der Waals surface area contributed by atoms with Crippen LogP contribution in [0.15, 0.2) is 30.5 Å². The van der Waals surface area contributed by atoms with Gasteiger partial charge in [0, 0.05) is 11.2 Å². The summed E-state index contributed by atoms with van der Waals surface area (Å²) in [4.78, 5) is 15.9. The normalized spacial score (nSPS) is 10.2. The van der Waals surface area contributed by atoms with Crippen LogP contribution in [0.2, 0.25) is 15.2 Å². The number of anilines is 1. The lowest BCUT2D eigenvalue weighted by atomic mass is 10.2. The van der Waals surface area contributed by atoms with Gasteiger partial charge in [0.15, 0.2) is 0 Å². The number of methoxy groups -OCH3 is 1. The van der Waals surface area contributed by atoms with Gasteiger partial charge < -0.3 is 10.1 Å². The molecular weight excluding hydrogens is 323 g/mol. The SMILES string of the molecule is COc1ccc(Cl)cc1NC(=O)c1cnc(Cl)c(Cl)c1. The number of halogens is 3. The quantitative estimate of drug-likeness (QED) is 0.853. The second kappa shape index (κ2) is 6.31. The molecule has 20 heavy (non-hydrogen) atoms. The van der Waals surface area contributed by atoms with E-state index in [2.05, 4.69) is 10.3 Å². The summed E-state index contributed by atoms with van der Waals surface area (Å²) in [6.07, 6.45) is 1.33. The average Bonchev–Trinajstić information content (AvgIpc) is 2.42. The minimum atomic E-state index is -0.392. The number of carbonyl (C=O) groups excluding carboxylic acids is 1. The molecule has 0 bridgehead atoms. The maximum Gasteiger partial charge on any atom is 0.257 e. The molecule has 0 saturated carbocycles. The zero-order valence-corrected chi connectivity index (χ0v) is 12.6. The maximum atomic E-state index is 12.1. The molecule has 0 aliphatic rings. The van der Waals surface area contributed by atoms with E-state index in [1.807, 2.05) is 0 Å². The van der Waals surface area contributed by atoms with E-state index in [0.717, 1.165) is 0 Å². The van der Waals surface area contributed by atoms with Crippen molar-refractivity contribution in [2.75, 3.05) is 12.4 Å². The number of ether oxygens (including phenoxy) is 1. The molecule has 1 aromatic carbocycles. The van der Waals surface area contributed by atoms with Crippen molar-refractivity contribution in [1.82, 2.24) is 4.98 Å². The summed E-state index contributed by atoms with van der Waals surface area (Å²) in [7, 11) is 1.50. The summed E-state index contributed by atoms with van der Waals surface area (Å²) >= 11 is 17.4. The number of nitrogens with zero attached hydrogens (tertiary/aromatic N) is 1. The first-order valence-corrected chi connectivity index (χ1v) is 6.60. The van der Waals surface area contributed by atoms with E-state index >= 15 is 0 Å².